The summed E-state index contributed by atoms with van der Waals surface area (Å²) in [6.07, 6.45) is 0.870. The van der Waals surface area contributed by atoms with Gasteiger partial charge in [0.1, 0.15) is 23.4 Å². The third kappa shape index (κ3) is 4.80. The van der Waals surface area contributed by atoms with Crippen molar-refractivity contribution in [2.75, 3.05) is 39.3 Å². The minimum absolute atomic E-state index is 0.0688. The average molecular weight is 348 g/mol. The van der Waals surface area contributed by atoms with Gasteiger partial charge >= 0.3 is 0 Å². The first-order chi connectivity index (χ1) is 12.1. The maximum atomic E-state index is 12.8. The van der Waals surface area contributed by atoms with E-state index < -0.39 is 6.10 Å². The fraction of sp³-hybridized carbons (Fsp3) is 0.389. The normalized spacial score (nSPS) is 16.6. The molecule has 6 nitrogen and oxygen atoms in total. The van der Waals surface area contributed by atoms with E-state index in [-0.39, 0.29) is 18.3 Å². The van der Waals surface area contributed by atoms with Crippen LogP contribution in [0.4, 0.5) is 4.39 Å². The molecule has 1 N–H and O–H groups in total. The summed E-state index contributed by atoms with van der Waals surface area (Å²) < 4.78 is 23.4. The Morgan fingerprint density at radius 2 is 1.92 bits per heavy atom. The summed E-state index contributed by atoms with van der Waals surface area (Å²) in [5.41, 5.74) is 0. The second kappa shape index (κ2) is 8.13. The third-order valence-electron chi connectivity index (χ3n) is 4.20. The molecule has 1 saturated heterocycles. The Morgan fingerprint density at radius 1 is 1.20 bits per heavy atom. The van der Waals surface area contributed by atoms with E-state index in [4.69, 9.17) is 9.15 Å². The first-order valence-corrected chi connectivity index (χ1v) is 8.22. The topological polar surface area (TPSA) is 66.2 Å². The predicted octanol–water partition coefficient (Wildman–Crippen LogP) is 1.68. The summed E-state index contributed by atoms with van der Waals surface area (Å²) >= 11 is 0. The number of benzene rings is 1. The highest BCUT2D eigenvalue weighted by Crippen LogP contribution is 2.16. The SMILES string of the molecule is O=C(COc1ccc(F)cc1)N1CCN(C[C@H](O)c2ccco2)CC1. The molecule has 1 amide bonds. The van der Waals surface area contributed by atoms with Crippen LogP contribution in [0.15, 0.2) is 47.1 Å². The van der Waals surface area contributed by atoms with Crippen LogP contribution in [0.1, 0.15) is 11.9 Å². The number of ether oxygens (including phenoxy) is 1. The molecule has 0 spiro atoms. The van der Waals surface area contributed by atoms with Crippen molar-refractivity contribution in [2.45, 2.75) is 6.10 Å². The van der Waals surface area contributed by atoms with Gasteiger partial charge in [0.2, 0.25) is 0 Å². The minimum atomic E-state index is -0.668. The van der Waals surface area contributed by atoms with E-state index in [1.54, 1.807) is 17.0 Å². The van der Waals surface area contributed by atoms with Crippen molar-refractivity contribution in [3.63, 3.8) is 0 Å². The highest BCUT2D eigenvalue weighted by Gasteiger charge is 2.23. The number of piperazine rings is 1. The number of aliphatic hydroxyl groups excluding tert-OH is 1. The molecule has 1 aliphatic heterocycles. The largest absolute Gasteiger partial charge is 0.484 e. The molecule has 0 radical (unpaired) electrons. The van der Waals surface area contributed by atoms with Gasteiger partial charge in [-0.3, -0.25) is 9.69 Å². The van der Waals surface area contributed by atoms with E-state index in [1.165, 1.54) is 30.5 Å². The van der Waals surface area contributed by atoms with Crippen molar-refractivity contribution < 1.29 is 23.4 Å². The van der Waals surface area contributed by atoms with Gasteiger partial charge in [0.05, 0.1) is 6.26 Å². The molecule has 0 aliphatic carbocycles. The fourth-order valence-corrected chi connectivity index (χ4v) is 2.76. The quantitative estimate of drug-likeness (QED) is 0.860. The van der Waals surface area contributed by atoms with Gasteiger partial charge in [-0.25, -0.2) is 4.39 Å². The first-order valence-electron chi connectivity index (χ1n) is 8.22. The lowest BCUT2D eigenvalue weighted by Crippen LogP contribution is -2.50. The van der Waals surface area contributed by atoms with Crippen molar-refractivity contribution in [1.82, 2.24) is 9.80 Å². The van der Waals surface area contributed by atoms with Gasteiger partial charge in [-0.1, -0.05) is 0 Å². The Morgan fingerprint density at radius 3 is 2.56 bits per heavy atom. The zero-order chi connectivity index (χ0) is 17.6. The zero-order valence-electron chi connectivity index (χ0n) is 13.8. The van der Waals surface area contributed by atoms with Crippen molar-refractivity contribution in [3.8, 4) is 5.75 Å². The van der Waals surface area contributed by atoms with Crippen LogP contribution in [0, 0.1) is 5.82 Å². The summed E-state index contributed by atoms with van der Waals surface area (Å²) in [5.74, 6) is 0.572. The summed E-state index contributed by atoms with van der Waals surface area (Å²) in [5, 5.41) is 10.1. The number of β-amino-alcohol motifs (C(OH)–C–C–N with tert-alkyl or cyclic N) is 1. The molecule has 1 aromatic heterocycles. The van der Waals surface area contributed by atoms with Gasteiger partial charge in [0.15, 0.2) is 6.61 Å². The Bertz CT molecular complexity index is 667. The number of nitrogens with zero attached hydrogens (tertiary/aromatic N) is 2. The lowest BCUT2D eigenvalue weighted by molar-refractivity contribution is -0.135. The molecule has 1 atom stereocenters. The smallest absolute Gasteiger partial charge is 0.260 e. The zero-order valence-corrected chi connectivity index (χ0v) is 13.8. The van der Waals surface area contributed by atoms with Crippen LogP contribution in [0.5, 0.6) is 5.75 Å². The van der Waals surface area contributed by atoms with Crippen molar-refractivity contribution in [2.24, 2.45) is 0 Å². The van der Waals surface area contributed by atoms with E-state index in [0.717, 1.165) is 0 Å². The molecular weight excluding hydrogens is 327 g/mol. The number of rotatable bonds is 6. The van der Waals surface area contributed by atoms with Crippen LogP contribution in [0.3, 0.4) is 0 Å². The number of furan rings is 1. The van der Waals surface area contributed by atoms with Gasteiger partial charge in [-0.2, -0.15) is 0 Å². The molecule has 0 saturated carbocycles. The lowest BCUT2D eigenvalue weighted by atomic mass is 10.2. The third-order valence-corrected chi connectivity index (χ3v) is 4.20. The Kier molecular flexibility index (Phi) is 5.67. The Hall–Kier alpha value is -2.38. The minimum Gasteiger partial charge on any atom is -0.484 e. The second-order valence-electron chi connectivity index (χ2n) is 5.96. The fourth-order valence-electron chi connectivity index (χ4n) is 2.76. The molecule has 0 bridgehead atoms. The average Bonchev–Trinajstić information content (AvgIpc) is 3.16. The number of hydrogen-bond donors (Lipinski definition) is 1. The molecule has 2 aromatic rings. The number of carbonyl (C=O) groups excluding carboxylic acids is 1. The number of carbonyl (C=O) groups is 1. The standard InChI is InChI=1S/C18H21FN2O4/c19-14-3-5-15(6-4-14)25-13-18(23)21-9-7-20(8-10-21)12-16(22)17-2-1-11-24-17/h1-6,11,16,22H,7-10,12-13H2/t16-/m0/s1. The van der Waals surface area contributed by atoms with E-state index in [1.807, 2.05) is 0 Å². The molecular formula is C18H21FN2O4. The second-order valence-corrected chi connectivity index (χ2v) is 5.96. The molecule has 2 heterocycles. The number of aliphatic hydroxyl groups is 1. The van der Waals surface area contributed by atoms with Gasteiger partial charge in [0, 0.05) is 32.7 Å². The van der Waals surface area contributed by atoms with Gasteiger partial charge in [-0.05, 0) is 36.4 Å². The van der Waals surface area contributed by atoms with Crippen molar-refractivity contribution in [3.05, 3.63) is 54.2 Å². The number of halogens is 1. The number of amides is 1. The maximum absolute atomic E-state index is 12.8. The molecule has 3 rings (SSSR count). The molecule has 25 heavy (non-hydrogen) atoms. The summed E-state index contributed by atoms with van der Waals surface area (Å²) in [4.78, 5) is 16.0. The molecule has 1 fully saturated rings. The summed E-state index contributed by atoms with van der Waals surface area (Å²) in [7, 11) is 0. The monoisotopic (exact) mass is 348 g/mol. The first kappa shape index (κ1) is 17.4. The van der Waals surface area contributed by atoms with E-state index in [2.05, 4.69) is 4.90 Å². The maximum Gasteiger partial charge on any atom is 0.260 e. The van der Waals surface area contributed by atoms with Crippen LogP contribution < -0.4 is 4.74 Å². The van der Waals surface area contributed by atoms with Crippen LogP contribution >= 0.6 is 0 Å². The van der Waals surface area contributed by atoms with Crippen LogP contribution in [-0.2, 0) is 4.79 Å². The summed E-state index contributed by atoms with van der Waals surface area (Å²) in [6, 6.07) is 9.08. The van der Waals surface area contributed by atoms with Crippen LogP contribution in [-0.4, -0.2) is 60.1 Å². The Balaban J connectivity index is 1.40. The number of hydrogen-bond acceptors (Lipinski definition) is 5. The predicted molar refractivity (Wildman–Crippen MR) is 88.6 cm³/mol. The van der Waals surface area contributed by atoms with Gasteiger partial charge in [-0.15, -0.1) is 0 Å². The van der Waals surface area contributed by atoms with Crippen molar-refractivity contribution in [1.29, 1.82) is 0 Å². The van der Waals surface area contributed by atoms with Crippen molar-refractivity contribution >= 4 is 5.91 Å². The summed E-state index contributed by atoms with van der Waals surface area (Å²) in [6.45, 7) is 2.93. The molecule has 1 aliphatic rings. The van der Waals surface area contributed by atoms with E-state index in [9.17, 15) is 14.3 Å². The van der Waals surface area contributed by atoms with Crippen LogP contribution in [0.25, 0.3) is 0 Å². The molecule has 0 unspecified atom stereocenters. The highest BCUT2D eigenvalue weighted by molar-refractivity contribution is 5.77. The van der Waals surface area contributed by atoms with E-state index >= 15 is 0 Å². The molecule has 7 heteroatoms. The lowest BCUT2D eigenvalue weighted by Gasteiger charge is -2.35. The Labute approximate surface area is 145 Å². The van der Waals surface area contributed by atoms with Gasteiger partial charge < -0.3 is 19.2 Å². The molecule has 134 valence electrons. The molecule has 1 aromatic carbocycles. The van der Waals surface area contributed by atoms with E-state index in [0.29, 0.717) is 44.2 Å². The highest BCUT2D eigenvalue weighted by atomic mass is 19.1. The van der Waals surface area contributed by atoms with Crippen LogP contribution in [0.2, 0.25) is 0 Å². The van der Waals surface area contributed by atoms with Gasteiger partial charge in [0.25, 0.3) is 5.91 Å².